The van der Waals surface area contributed by atoms with E-state index in [0.29, 0.717) is 0 Å². The first kappa shape index (κ1) is 19.6. The van der Waals surface area contributed by atoms with Crippen LogP contribution in [0.4, 0.5) is 4.79 Å². The van der Waals surface area contributed by atoms with Crippen molar-refractivity contribution in [2.24, 2.45) is 0 Å². The van der Waals surface area contributed by atoms with Crippen molar-refractivity contribution in [1.29, 1.82) is 0 Å². The van der Waals surface area contributed by atoms with E-state index >= 15 is 0 Å². The van der Waals surface area contributed by atoms with Gasteiger partial charge >= 0.3 is 0 Å². The molecular weight excluding hydrogens is 257 g/mol. The summed E-state index contributed by atoms with van der Waals surface area (Å²) in [6.45, 7) is 5.13. The van der Waals surface area contributed by atoms with Crippen molar-refractivity contribution in [2.45, 2.75) is 20.8 Å². The van der Waals surface area contributed by atoms with E-state index in [0.717, 1.165) is 6.04 Å². The third-order valence-corrected chi connectivity index (χ3v) is 1.34. The Kier molecular flexibility index (Phi) is 15.6. The Morgan fingerprint density at radius 1 is 1.21 bits per heavy atom. The van der Waals surface area contributed by atoms with Crippen LogP contribution >= 0.6 is 0 Å². The molecule has 0 atom stereocenters. The molecule has 0 rings (SSSR count). The number of carbonyl (C=O) groups excluding carboxylic acids is 2. The maximum atomic E-state index is 11.1. The van der Waals surface area contributed by atoms with E-state index in [9.17, 15) is 4.79 Å². The molecule has 0 spiro atoms. The van der Waals surface area contributed by atoms with E-state index in [1.807, 2.05) is 13.8 Å². The van der Waals surface area contributed by atoms with Gasteiger partial charge in [-0.2, -0.15) is 20.8 Å². The fourth-order valence-electron chi connectivity index (χ4n) is 0.491. The van der Waals surface area contributed by atoms with E-state index in [4.69, 9.17) is 4.79 Å². The van der Waals surface area contributed by atoms with Crippen molar-refractivity contribution in [3.63, 3.8) is 0 Å². The van der Waals surface area contributed by atoms with E-state index in [1.54, 1.807) is 30.9 Å². The number of urea groups is 1. The first-order chi connectivity index (χ1) is 5.88. The Morgan fingerprint density at radius 3 is 1.57 bits per heavy atom. The predicted octanol–water partition coefficient (Wildman–Crippen LogP) is 1.29. The summed E-state index contributed by atoms with van der Waals surface area (Å²) in [5.41, 5.74) is 0. The van der Waals surface area contributed by atoms with Gasteiger partial charge in [0.15, 0.2) is 0 Å². The molecule has 0 saturated carbocycles. The molecule has 0 fully saturated rings. The Labute approximate surface area is 112 Å². The summed E-state index contributed by atoms with van der Waals surface area (Å²) in [5.74, 6) is 0. The first-order valence-electron chi connectivity index (χ1n) is 3.92. The van der Waals surface area contributed by atoms with Crippen molar-refractivity contribution in [2.75, 3.05) is 21.1 Å². The van der Waals surface area contributed by atoms with Crippen LogP contribution < -0.4 is 0 Å². The van der Waals surface area contributed by atoms with Crippen molar-refractivity contribution in [1.82, 2.24) is 9.80 Å². The largest absolute Gasteiger partial charge is 0.542 e. The summed E-state index contributed by atoms with van der Waals surface area (Å²) in [7, 11) is 5.24. The summed E-state index contributed by atoms with van der Waals surface area (Å²) in [6.07, 6.45) is 1.50. The quantitative estimate of drug-likeness (QED) is 0.676. The van der Waals surface area contributed by atoms with Crippen molar-refractivity contribution in [3.05, 3.63) is 6.04 Å². The Morgan fingerprint density at radius 2 is 1.50 bits per heavy atom. The number of nitrogens with zero attached hydrogens (tertiary/aromatic N) is 2. The van der Waals surface area contributed by atoms with Gasteiger partial charge in [-0.15, -0.1) is 0 Å². The predicted molar refractivity (Wildman–Crippen MR) is 52.8 cm³/mol. The normalized spacial score (nSPS) is 7.93. The minimum atomic E-state index is 0. The van der Waals surface area contributed by atoms with Crippen LogP contribution in [0.5, 0.6) is 0 Å². The van der Waals surface area contributed by atoms with Crippen LogP contribution in [-0.2, 0) is 37.5 Å². The number of carbonyl (C=O) groups is 1. The molecule has 4 nitrogen and oxygen atoms in total. The molecule has 2 amide bonds. The van der Waals surface area contributed by atoms with Gasteiger partial charge in [0.1, 0.15) is 0 Å². The van der Waals surface area contributed by atoms with Crippen LogP contribution in [0.3, 0.4) is 0 Å². The van der Waals surface area contributed by atoms with Crippen LogP contribution in [-0.4, -0.2) is 43.3 Å². The average molecular weight is 275 g/mol. The zero-order valence-corrected chi connectivity index (χ0v) is 12.6. The Hall–Kier alpha value is 0.0439. The maximum Gasteiger partial charge on any atom is 0.289 e. The molecule has 0 aromatic heterocycles. The van der Waals surface area contributed by atoms with E-state index < -0.39 is 0 Å². The molecular formula is C9H18N2O2Y-2. The van der Waals surface area contributed by atoms with Crippen molar-refractivity contribution in [3.8, 4) is 0 Å². The number of rotatable bonds is 1. The van der Waals surface area contributed by atoms with E-state index in [2.05, 4.69) is 0 Å². The second-order valence-electron chi connectivity index (χ2n) is 2.89. The van der Waals surface area contributed by atoms with Gasteiger partial charge in [0.05, 0.1) is 0 Å². The van der Waals surface area contributed by atoms with Gasteiger partial charge in [-0.05, 0) is 7.05 Å². The smallest absolute Gasteiger partial charge is 0.289 e. The summed E-state index contributed by atoms with van der Waals surface area (Å²) >= 11 is 0. The van der Waals surface area contributed by atoms with Crippen molar-refractivity contribution >= 4 is 12.3 Å². The van der Waals surface area contributed by atoms with Crippen LogP contribution in [0.1, 0.15) is 20.8 Å². The summed E-state index contributed by atoms with van der Waals surface area (Å²) in [4.78, 5) is 23.0. The van der Waals surface area contributed by atoms with Crippen LogP contribution in [0.2, 0.25) is 0 Å². The second kappa shape index (κ2) is 11.1. The molecule has 81 valence electrons. The molecule has 0 aromatic rings. The molecule has 0 aliphatic heterocycles. The van der Waals surface area contributed by atoms with Crippen molar-refractivity contribution < 1.29 is 42.3 Å². The first-order valence-corrected chi connectivity index (χ1v) is 3.92. The molecule has 14 heavy (non-hydrogen) atoms. The SMILES string of the molecule is C[C-](C)N(C)C(=O)N(C)C.C[C-]=O.[Y]. The minimum Gasteiger partial charge on any atom is -0.542 e. The molecule has 1 radical (unpaired) electrons. The van der Waals surface area contributed by atoms with E-state index in [-0.39, 0.29) is 38.7 Å². The topological polar surface area (TPSA) is 40.6 Å². The third kappa shape index (κ3) is 10.1. The van der Waals surface area contributed by atoms with Gasteiger partial charge in [-0.1, -0.05) is 0 Å². The van der Waals surface area contributed by atoms with Gasteiger partial charge in [-0.25, -0.2) is 6.04 Å². The molecule has 0 aromatic carbocycles. The zero-order chi connectivity index (χ0) is 11.0. The molecule has 5 heteroatoms. The number of amides is 2. The van der Waals surface area contributed by atoms with E-state index in [1.165, 1.54) is 13.2 Å². The van der Waals surface area contributed by atoms with Crippen LogP contribution in [0.25, 0.3) is 0 Å². The summed E-state index contributed by atoms with van der Waals surface area (Å²) < 4.78 is 0. The monoisotopic (exact) mass is 275 g/mol. The Balaban J connectivity index is -0.000000267. The molecule has 0 aliphatic carbocycles. The van der Waals surface area contributed by atoms with Gasteiger partial charge in [0, 0.05) is 46.8 Å². The number of hydrogen-bond acceptors (Lipinski definition) is 2. The van der Waals surface area contributed by atoms with Gasteiger partial charge in [0.25, 0.3) is 6.03 Å². The molecule has 0 bridgehead atoms. The standard InChI is InChI=1S/C7H15N2O.C2H3O.Y/c1-6(2)9(5)7(10)8(3)4;1-2-3;/h1-5H3;1H3;/q2*-1;. The van der Waals surface area contributed by atoms with Gasteiger partial charge < -0.3 is 14.6 Å². The zero-order valence-electron chi connectivity index (χ0n) is 9.79. The van der Waals surface area contributed by atoms with Crippen LogP contribution in [0, 0.1) is 6.04 Å². The molecule has 0 unspecified atom stereocenters. The van der Waals surface area contributed by atoms with Gasteiger partial charge in [0.2, 0.25) is 0 Å². The molecule has 0 N–H and O–H groups in total. The third-order valence-electron chi connectivity index (χ3n) is 1.34. The maximum absolute atomic E-state index is 11.1. The second-order valence-corrected chi connectivity index (χ2v) is 2.89. The fraction of sp³-hybridized carbons (Fsp3) is 0.667. The molecule has 0 heterocycles. The molecule has 0 saturated heterocycles. The Bertz CT molecular complexity index is 161. The van der Waals surface area contributed by atoms with Gasteiger partial charge in [-0.3, -0.25) is 11.1 Å². The average Bonchev–Trinajstić information content (AvgIpc) is 2.03. The fourth-order valence-corrected chi connectivity index (χ4v) is 0.491. The van der Waals surface area contributed by atoms with Crippen LogP contribution in [0.15, 0.2) is 0 Å². The molecule has 0 aliphatic rings. The summed E-state index contributed by atoms with van der Waals surface area (Å²) in [5, 5.41) is 0. The number of hydrogen-bond donors (Lipinski definition) is 0. The summed E-state index contributed by atoms with van der Waals surface area (Å²) in [6, 6.07) is 1.01. The minimum absolute atomic E-state index is 0.